The van der Waals surface area contributed by atoms with E-state index in [-0.39, 0.29) is 24.6 Å². The number of carboxylic acid groups (broad SMARTS) is 1. The van der Waals surface area contributed by atoms with Crippen LogP contribution in [0.2, 0.25) is 5.02 Å². The Morgan fingerprint density at radius 1 is 1.24 bits per heavy atom. The smallest absolute Gasteiger partial charge is 0.306 e. The molecule has 38 heavy (non-hydrogen) atoms. The second kappa shape index (κ2) is 10.2. The number of benzene rings is 2. The van der Waals surface area contributed by atoms with Gasteiger partial charge in [-0.05, 0) is 57.4 Å². The highest BCUT2D eigenvalue weighted by Crippen LogP contribution is 2.41. The van der Waals surface area contributed by atoms with Crippen LogP contribution in [0.5, 0.6) is 11.6 Å². The van der Waals surface area contributed by atoms with E-state index >= 15 is 0 Å². The van der Waals surface area contributed by atoms with Crippen LogP contribution in [0, 0.1) is 18.7 Å². The van der Waals surface area contributed by atoms with Crippen molar-refractivity contribution in [3.63, 3.8) is 0 Å². The highest BCUT2D eigenvalue weighted by molar-refractivity contribution is 6.33. The fraction of sp³-hybridized carbons (Fsp3) is 0.357. The molecule has 198 valence electrons. The molecule has 1 atom stereocenters. The zero-order chi connectivity index (χ0) is 27.0. The molecule has 1 saturated carbocycles. The van der Waals surface area contributed by atoms with Gasteiger partial charge in [0.25, 0.3) is 0 Å². The molecular formula is C28H28ClFN4O4. The average molecular weight is 539 g/mol. The number of ether oxygens (including phenoxy) is 2. The van der Waals surface area contributed by atoms with Crippen LogP contribution in [0.1, 0.15) is 44.2 Å². The summed E-state index contributed by atoms with van der Waals surface area (Å²) < 4.78 is 28.5. The summed E-state index contributed by atoms with van der Waals surface area (Å²) >= 11 is 6.70. The van der Waals surface area contributed by atoms with Crippen LogP contribution < -0.4 is 9.47 Å². The molecule has 10 heteroatoms. The number of nitrogens with zero attached hydrogens (tertiary/aromatic N) is 4. The van der Waals surface area contributed by atoms with Crippen molar-refractivity contribution < 1.29 is 23.8 Å². The molecule has 1 N–H and O–H groups in total. The monoisotopic (exact) mass is 538 g/mol. The lowest BCUT2D eigenvalue weighted by molar-refractivity contribution is -0.141. The van der Waals surface area contributed by atoms with Crippen molar-refractivity contribution in [1.82, 2.24) is 19.5 Å². The number of hydrogen-bond donors (Lipinski definition) is 1. The number of imidazole rings is 1. The molecule has 4 aromatic rings. The molecule has 0 saturated heterocycles. The number of hydrogen-bond acceptors (Lipinski definition) is 6. The maximum Gasteiger partial charge on any atom is 0.306 e. The van der Waals surface area contributed by atoms with E-state index in [1.54, 1.807) is 37.3 Å². The molecule has 1 aliphatic carbocycles. The quantitative estimate of drug-likeness (QED) is 0.262. The second-order valence-corrected chi connectivity index (χ2v) is 10.4. The molecule has 0 radical (unpaired) electrons. The SMILES string of the molecule is Cc1ccc(F)c(Cn2c(-c3ccc(OCCC(C)C(=O)O)cc3Cl)nc3c(OC4(C)CC4)ncnc32)c1. The largest absolute Gasteiger partial charge is 0.494 e. The fourth-order valence-electron chi connectivity index (χ4n) is 4.10. The Morgan fingerprint density at radius 3 is 2.74 bits per heavy atom. The second-order valence-electron chi connectivity index (χ2n) is 10.0. The molecular weight excluding hydrogens is 511 g/mol. The number of aromatic nitrogens is 4. The summed E-state index contributed by atoms with van der Waals surface area (Å²) in [7, 11) is 0. The van der Waals surface area contributed by atoms with E-state index in [9.17, 15) is 9.18 Å². The Balaban J connectivity index is 1.54. The number of carbonyl (C=O) groups is 1. The molecule has 0 spiro atoms. The van der Waals surface area contributed by atoms with Crippen LogP contribution in [0.4, 0.5) is 4.39 Å². The normalized spacial score (nSPS) is 14.9. The molecule has 1 unspecified atom stereocenters. The van der Waals surface area contributed by atoms with Crippen molar-refractivity contribution >= 4 is 28.7 Å². The van der Waals surface area contributed by atoms with Gasteiger partial charge < -0.3 is 19.1 Å². The van der Waals surface area contributed by atoms with Gasteiger partial charge in [0.05, 0.1) is 24.1 Å². The van der Waals surface area contributed by atoms with Crippen molar-refractivity contribution in [1.29, 1.82) is 0 Å². The van der Waals surface area contributed by atoms with Gasteiger partial charge in [-0.2, -0.15) is 4.98 Å². The van der Waals surface area contributed by atoms with Gasteiger partial charge in [-0.25, -0.2) is 14.4 Å². The third-order valence-electron chi connectivity index (χ3n) is 6.75. The lowest BCUT2D eigenvalue weighted by Gasteiger charge is -2.13. The minimum atomic E-state index is -0.868. The van der Waals surface area contributed by atoms with Crippen molar-refractivity contribution in [2.75, 3.05) is 6.61 Å². The number of aliphatic carboxylic acids is 1. The average Bonchev–Trinajstić information content (AvgIpc) is 3.49. The third kappa shape index (κ3) is 5.43. The summed E-state index contributed by atoms with van der Waals surface area (Å²) in [6.45, 7) is 5.98. The van der Waals surface area contributed by atoms with E-state index in [2.05, 4.69) is 9.97 Å². The fourth-order valence-corrected chi connectivity index (χ4v) is 4.35. The lowest BCUT2D eigenvalue weighted by Crippen LogP contribution is -2.13. The van der Waals surface area contributed by atoms with E-state index < -0.39 is 11.9 Å². The summed E-state index contributed by atoms with van der Waals surface area (Å²) in [4.78, 5) is 24.7. The first kappa shape index (κ1) is 25.9. The predicted octanol–water partition coefficient (Wildman–Crippen LogP) is 6.06. The van der Waals surface area contributed by atoms with Gasteiger partial charge >= 0.3 is 5.97 Å². The summed E-state index contributed by atoms with van der Waals surface area (Å²) in [6, 6.07) is 10.2. The van der Waals surface area contributed by atoms with Crippen LogP contribution >= 0.6 is 11.6 Å². The Bertz CT molecular complexity index is 1520. The van der Waals surface area contributed by atoms with Crippen molar-refractivity contribution in [3.8, 4) is 23.0 Å². The highest BCUT2D eigenvalue weighted by Gasteiger charge is 2.41. The zero-order valence-corrected chi connectivity index (χ0v) is 22.1. The van der Waals surface area contributed by atoms with Crippen LogP contribution in [0.25, 0.3) is 22.6 Å². The molecule has 2 aromatic heterocycles. The van der Waals surface area contributed by atoms with Crippen molar-refractivity contribution in [2.45, 2.75) is 52.2 Å². The van der Waals surface area contributed by atoms with Gasteiger partial charge in [-0.1, -0.05) is 36.2 Å². The minimum absolute atomic E-state index is 0.175. The van der Waals surface area contributed by atoms with Crippen LogP contribution in [0.3, 0.4) is 0 Å². The van der Waals surface area contributed by atoms with E-state index in [1.165, 1.54) is 12.4 Å². The summed E-state index contributed by atoms with van der Waals surface area (Å²) in [5.74, 6) is -0.333. The molecule has 2 aromatic carbocycles. The van der Waals surface area contributed by atoms with E-state index in [0.717, 1.165) is 18.4 Å². The molecule has 0 aliphatic heterocycles. The molecule has 2 heterocycles. The van der Waals surface area contributed by atoms with Crippen molar-refractivity contribution in [2.24, 2.45) is 5.92 Å². The van der Waals surface area contributed by atoms with Gasteiger partial charge in [-0.15, -0.1) is 0 Å². The Kier molecular flexibility index (Phi) is 6.96. The Hall–Kier alpha value is -3.72. The van der Waals surface area contributed by atoms with Crippen LogP contribution in [-0.2, 0) is 11.3 Å². The van der Waals surface area contributed by atoms with Gasteiger partial charge in [0.1, 0.15) is 29.3 Å². The summed E-state index contributed by atoms with van der Waals surface area (Å²) in [6.07, 6.45) is 3.65. The predicted molar refractivity (Wildman–Crippen MR) is 141 cm³/mol. The maximum atomic E-state index is 14.8. The first-order valence-corrected chi connectivity index (χ1v) is 12.8. The van der Waals surface area contributed by atoms with E-state index in [0.29, 0.717) is 51.2 Å². The number of carboxylic acids is 1. The minimum Gasteiger partial charge on any atom is -0.494 e. The number of aryl methyl sites for hydroxylation is 1. The van der Waals surface area contributed by atoms with Gasteiger partial charge in [-0.3, -0.25) is 4.79 Å². The molecule has 8 nitrogen and oxygen atoms in total. The zero-order valence-electron chi connectivity index (χ0n) is 21.4. The van der Waals surface area contributed by atoms with Crippen molar-refractivity contribution in [3.05, 3.63) is 64.7 Å². The third-order valence-corrected chi connectivity index (χ3v) is 7.06. The molecule has 1 aliphatic rings. The molecule has 0 bridgehead atoms. The Labute approximate surface area is 224 Å². The summed E-state index contributed by atoms with van der Waals surface area (Å²) in [5.41, 5.74) is 2.74. The molecule has 0 amide bonds. The lowest BCUT2D eigenvalue weighted by atomic mass is 10.1. The molecule has 5 rings (SSSR count). The number of fused-ring (bicyclic) bond motifs is 1. The maximum absolute atomic E-state index is 14.8. The first-order chi connectivity index (χ1) is 18.1. The van der Waals surface area contributed by atoms with Gasteiger partial charge in [0.15, 0.2) is 11.2 Å². The van der Waals surface area contributed by atoms with Crippen LogP contribution in [0.15, 0.2) is 42.7 Å². The van der Waals surface area contributed by atoms with E-state index in [1.807, 2.05) is 18.4 Å². The Morgan fingerprint density at radius 2 is 2.03 bits per heavy atom. The first-order valence-electron chi connectivity index (χ1n) is 12.4. The number of rotatable bonds is 10. The standard InChI is InChI=1S/C28H28ClFN4O4/c1-16-4-7-22(30)18(12-16)14-34-24(33-23-25(34)31-15-32-26(23)38-28(3)9-10-28)20-6-5-19(13-21(20)29)37-11-8-17(2)27(35)36/h4-7,12-13,15,17H,8-11,14H2,1-3H3,(H,35,36). The van der Waals surface area contributed by atoms with Gasteiger partial charge in [0.2, 0.25) is 5.88 Å². The molecule has 1 fully saturated rings. The summed E-state index contributed by atoms with van der Waals surface area (Å²) in [5, 5.41) is 9.44. The van der Waals surface area contributed by atoms with Crippen LogP contribution in [-0.4, -0.2) is 42.8 Å². The van der Waals surface area contributed by atoms with Gasteiger partial charge in [0, 0.05) is 11.1 Å². The topological polar surface area (TPSA) is 99.4 Å². The van der Waals surface area contributed by atoms with E-state index in [4.69, 9.17) is 31.2 Å². The highest BCUT2D eigenvalue weighted by atomic mass is 35.5. The number of halogens is 2.